The van der Waals surface area contributed by atoms with Crippen molar-refractivity contribution in [1.29, 1.82) is 0 Å². The van der Waals surface area contributed by atoms with Crippen molar-refractivity contribution in [1.82, 2.24) is 20.7 Å². The van der Waals surface area contributed by atoms with Gasteiger partial charge in [-0.3, -0.25) is 19.2 Å². The van der Waals surface area contributed by atoms with E-state index < -0.39 is 26.0 Å². The number of amides is 4. The predicted molar refractivity (Wildman–Crippen MR) is 254 cm³/mol. The first-order valence-electron chi connectivity index (χ1n) is 19.0. The number of benzene rings is 4. The van der Waals surface area contributed by atoms with Crippen molar-refractivity contribution in [3.63, 3.8) is 0 Å². The minimum Gasteiger partial charge on any atom is -0.423 e. The quantitative estimate of drug-likeness (QED) is 0.0751. The molecule has 0 radical (unpaired) electrons. The highest BCUT2D eigenvalue weighted by molar-refractivity contribution is 8.15. The fourth-order valence-corrected chi connectivity index (χ4v) is 8.21. The number of carbonyl (C=O) groups is 6. The van der Waals surface area contributed by atoms with Crippen molar-refractivity contribution in [2.45, 2.75) is 55.6 Å². The zero-order valence-electron chi connectivity index (χ0n) is 35.3. The Hall–Kier alpha value is -5.91. The minimum atomic E-state index is -0.834. The Morgan fingerprint density at radius 2 is 0.875 bits per heavy atom. The first-order chi connectivity index (χ1) is 30.3. The summed E-state index contributed by atoms with van der Waals surface area (Å²) < 4.78 is 9.92. The number of rotatable bonds is 8. The molecule has 4 aromatic carbocycles. The molecule has 0 saturated heterocycles. The minimum absolute atomic E-state index is 0.257. The van der Waals surface area contributed by atoms with Gasteiger partial charge in [-0.25, -0.2) is 19.6 Å². The van der Waals surface area contributed by atoms with Crippen molar-refractivity contribution in [3.8, 4) is 11.5 Å². The van der Waals surface area contributed by atoms with Gasteiger partial charge in [-0.1, -0.05) is 143 Å². The molecule has 0 bridgehead atoms. The third-order valence-electron chi connectivity index (χ3n) is 8.58. The second-order valence-electron chi connectivity index (χ2n) is 13.6. The summed E-state index contributed by atoms with van der Waals surface area (Å²) in [6, 6.07) is 32.6. The normalized spacial score (nSPS) is 17.7. The number of hydrogen-bond acceptors (Lipinski definition) is 12. The first-order valence-corrected chi connectivity index (χ1v) is 22.0. The summed E-state index contributed by atoms with van der Waals surface area (Å²) in [5.41, 5.74) is 3.34. The number of hydrogen-bond donors (Lipinski definition) is 2. The first kappa shape index (κ1) is 50.7. The Morgan fingerprint density at radius 3 is 1.16 bits per heavy atom. The number of halogens is 3. The van der Waals surface area contributed by atoms with E-state index in [0.29, 0.717) is 21.8 Å². The zero-order valence-corrected chi connectivity index (χ0v) is 39.2. The molecule has 64 heavy (non-hydrogen) atoms. The smallest absolute Gasteiger partial charge is 0.336 e. The maximum Gasteiger partial charge on any atom is 0.336 e. The SMILES string of the molecule is CC(=O)NC1=NN(C(C)=O)[C@@](C)(c2ccc(OC(=O)/C=C/c3ccccc3)cc2)S1.CC(=O)NC1=NN(C(C)=O)[C@@](C)(c2ccc(OC(=O)/C=C/c3ccccc3)cc2)S1.ClC(Cl)Cl. The highest BCUT2D eigenvalue weighted by Gasteiger charge is 2.45. The van der Waals surface area contributed by atoms with Crippen molar-refractivity contribution in [2.75, 3.05) is 0 Å². The van der Waals surface area contributed by atoms with Crippen molar-refractivity contribution < 1.29 is 38.2 Å². The van der Waals surface area contributed by atoms with Crippen LogP contribution in [0.25, 0.3) is 12.2 Å². The van der Waals surface area contributed by atoms with Gasteiger partial charge in [0.15, 0.2) is 14.6 Å². The number of thioether (sulfide) groups is 2. The number of nitrogens with one attached hydrogen (secondary N) is 2. The van der Waals surface area contributed by atoms with Gasteiger partial charge in [0.1, 0.15) is 21.2 Å². The largest absolute Gasteiger partial charge is 0.423 e. The predicted octanol–water partition coefficient (Wildman–Crippen LogP) is 8.95. The molecule has 0 spiro atoms. The van der Waals surface area contributed by atoms with E-state index in [2.05, 4.69) is 20.8 Å². The van der Waals surface area contributed by atoms with Gasteiger partial charge < -0.3 is 20.1 Å². The van der Waals surface area contributed by atoms with Crippen LogP contribution in [-0.2, 0) is 38.5 Å². The molecule has 2 heterocycles. The van der Waals surface area contributed by atoms with E-state index >= 15 is 0 Å². The number of nitrogens with zero attached hydrogens (tertiary/aromatic N) is 4. The van der Waals surface area contributed by atoms with Gasteiger partial charge in [-0.15, -0.1) is 10.2 Å². The van der Waals surface area contributed by atoms with Crippen LogP contribution in [0.4, 0.5) is 0 Å². The van der Waals surface area contributed by atoms with Gasteiger partial charge in [0.2, 0.25) is 23.6 Å². The van der Waals surface area contributed by atoms with E-state index in [0.717, 1.165) is 22.3 Å². The number of amidine groups is 2. The second kappa shape index (κ2) is 23.7. The molecule has 0 fully saturated rings. The van der Waals surface area contributed by atoms with Gasteiger partial charge in [0, 0.05) is 39.8 Å². The number of alkyl halides is 3. The summed E-state index contributed by atoms with van der Waals surface area (Å²) in [7, 11) is 0. The van der Waals surface area contributed by atoms with Crippen LogP contribution in [0, 0.1) is 0 Å². The van der Waals surface area contributed by atoms with Crippen LogP contribution in [0.1, 0.15) is 63.8 Å². The summed E-state index contributed by atoms with van der Waals surface area (Å²) in [5, 5.41) is 17.0. The summed E-state index contributed by atoms with van der Waals surface area (Å²) in [5.74, 6) is -1.27. The molecule has 2 N–H and O–H groups in total. The van der Waals surface area contributed by atoms with Crippen LogP contribution in [0.2, 0.25) is 0 Å². The number of carbonyl (C=O) groups excluding carboxylic acids is 6. The molecule has 334 valence electrons. The maximum atomic E-state index is 12.1. The van der Waals surface area contributed by atoms with E-state index in [9.17, 15) is 28.8 Å². The Bertz CT molecular complexity index is 2270. The average molecular weight is 966 g/mol. The Kier molecular flexibility index (Phi) is 18.8. The number of ether oxygens (including phenoxy) is 2. The van der Waals surface area contributed by atoms with E-state index in [1.54, 1.807) is 60.7 Å². The van der Waals surface area contributed by atoms with E-state index in [1.165, 1.54) is 73.4 Å². The van der Waals surface area contributed by atoms with Crippen LogP contribution in [-0.4, -0.2) is 60.2 Å². The van der Waals surface area contributed by atoms with Crippen LogP contribution < -0.4 is 20.1 Å². The maximum absolute atomic E-state index is 12.1. The van der Waals surface area contributed by atoms with Crippen LogP contribution in [0.5, 0.6) is 11.5 Å². The molecule has 0 aliphatic carbocycles. The monoisotopic (exact) mass is 964 g/mol. The molecule has 0 aromatic heterocycles. The molecule has 2 aliphatic rings. The topological polar surface area (TPSA) is 176 Å². The summed E-state index contributed by atoms with van der Waals surface area (Å²) in [6.07, 6.45) is 6.09. The standard InChI is InChI=1S/2C22H21N3O4S.CHCl3/c2*1-15(26)23-21-24-25(16(2)27)22(3,30-21)18-10-12-19(13-11-18)29-20(28)14-9-17-7-5-4-6-8-17;2-1(3)4/h2*4-14H,1-3H3,(H,23,24,26);1H/b2*14-9+;/t2*22-;/m11./s1. The van der Waals surface area contributed by atoms with Crippen molar-refractivity contribution >= 4 is 116 Å². The lowest BCUT2D eigenvalue weighted by Crippen LogP contribution is -2.37. The molecule has 2 aliphatic heterocycles. The van der Waals surface area contributed by atoms with Gasteiger partial charge in [0.25, 0.3) is 0 Å². The van der Waals surface area contributed by atoms with Crippen molar-refractivity contribution in [3.05, 3.63) is 144 Å². The molecular formula is C45H43Cl3N6O8S2. The third kappa shape index (κ3) is 15.1. The highest BCUT2D eigenvalue weighted by atomic mass is 35.6. The molecule has 4 aromatic rings. The molecule has 14 nitrogen and oxygen atoms in total. The Labute approximate surface area is 394 Å². The van der Waals surface area contributed by atoms with Crippen LogP contribution in [0.3, 0.4) is 0 Å². The van der Waals surface area contributed by atoms with Gasteiger partial charge >= 0.3 is 11.9 Å². The molecule has 4 amide bonds. The molecule has 6 rings (SSSR count). The summed E-state index contributed by atoms with van der Waals surface area (Å²) >= 11 is 16.9. The highest BCUT2D eigenvalue weighted by Crippen LogP contribution is 2.46. The van der Waals surface area contributed by atoms with Crippen LogP contribution in [0.15, 0.2) is 132 Å². The van der Waals surface area contributed by atoms with Gasteiger partial charge in [-0.2, -0.15) is 0 Å². The lowest BCUT2D eigenvalue weighted by molar-refractivity contribution is -0.132. The van der Waals surface area contributed by atoms with Gasteiger partial charge in [-0.05, 0) is 72.5 Å². The molecule has 19 heteroatoms. The number of hydrazone groups is 2. The molecular weight excluding hydrogens is 923 g/mol. The van der Waals surface area contributed by atoms with Gasteiger partial charge in [0.05, 0.1) is 0 Å². The van der Waals surface area contributed by atoms with Crippen LogP contribution >= 0.6 is 58.3 Å². The summed E-state index contributed by atoms with van der Waals surface area (Å²) in [4.78, 5) is 69.3. The average Bonchev–Trinajstić information content (AvgIpc) is 3.76. The van der Waals surface area contributed by atoms with E-state index in [1.807, 2.05) is 74.5 Å². The fourth-order valence-electron chi connectivity index (χ4n) is 5.80. The summed E-state index contributed by atoms with van der Waals surface area (Å²) in [6.45, 7) is 9.25. The Morgan fingerprint density at radius 1 is 0.562 bits per heavy atom. The lowest BCUT2D eigenvalue weighted by atomic mass is 10.1. The zero-order chi connectivity index (χ0) is 47.0. The number of esters is 2. The molecule has 0 saturated carbocycles. The molecule has 0 unspecified atom stereocenters. The van der Waals surface area contributed by atoms with E-state index in [-0.39, 0.29) is 23.6 Å². The lowest BCUT2D eigenvalue weighted by Gasteiger charge is -2.31. The van der Waals surface area contributed by atoms with E-state index in [4.69, 9.17) is 44.3 Å². The van der Waals surface area contributed by atoms with Crippen molar-refractivity contribution in [2.24, 2.45) is 10.2 Å². The molecule has 2 atom stereocenters. The third-order valence-corrected chi connectivity index (χ3v) is 10.9. The Balaban J connectivity index is 0.000000259. The fraction of sp³-hybridized carbons (Fsp3) is 0.200. The second-order valence-corrected chi connectivity index (χ2v) is 18.4.